The number of benzene rings is 1. The third kappa shape index (κ3) is 3.37. The molecule has 0 atom stereocenters. The third-order valence-corrected chi connectivity index (χ3v) is 3.52. The van der Waals surface area contributed by atoms with Crippen molar-refractivity contribution in [3.63, 3.8) is 0 Å². The molecular weight excluding hydrogens is 297 g/mol. The first-order chi connectivity index (χ1) is 11.0. The van der Waals surface area contributed by atoms with Crippen molar-refractivity contribution < 1.29 is 9.50 Å². The van der Waals surface area contributed by atoms with Crippen molar-refractivity contribution in [2.24, 2.45) is 0 Å². The van der Waals surface area contributed by atoms with Gasteiger partial charge in [-0.2, -0.15) is 0 Å². The molecule has 6 heteroatoms. The van der Waals surface area contributed by atoms with Gasteiger partial charge >= 0.3 is 0 Å². The average molecular weight is 313 g/mol. The maximum Gasteiger partial charge on any atom is 0.258 e. The largest absolute Gasteiger partial charge is 0.504 e. The fraction of sp³-hybridized carbons (Fsp3) is 0.176. The molecule has 0 unspecified atom stereocenters. The van der Waals surface area contributed by atoms with E-state index in [-0.39, 0.29) is 22.8 Å². The number of aromatic hydroxyl groups is 1. The Kier molecular flexibility index (Phi) is 4.08. The monoisotopic (exact) mass is 313 g/mol. The summed E-state index contributed by atoms with van der Waals surface area (Å²) in [6, 6.07) is 10.8. The third-order valence-electron chi connectivity index (χ3n) is 3.52. The van der Waals surface area contributed by atoms with Crippen molar-refractivity contribution in [3.8, 4) is 5.75 Å². The Labute approximate surface area is 132 Å². The van der Waals surface area contributed by atoms with Crippen LogP contribution in [0.4, 0.5) is 4.39 Å². The molecule has 23 heavy (non-hydrogen) atoms. The van der Waals surface area contributed by atoms with Crippen molar-refractivity contribution >= 4 is 5.65 Å². The number of nitrogens with zero attached hydrogens (tertiary/aromatic N) is 3. The minimum Gasteiger partial charge on any atom is -0.504 e. The zero-order valence-corrected chi connectivity index (χ0v) is 12.6. The van der Waals surface area contributed by atoms with Gasteiger partial charge in [0.2, 0.25) is 0 Å². The lowest BCUT2D eigenvalue weighted by molar-refractivity contribution is 0.315. The van der Waals surface area contributed by atoms with Gasteiger partial charge in [-0.3, -0.25) is 14.1 Å². The molecule has 3 aromatic rings. The van der Waals surface area contributed by atoms with Crippen molar-refractivity contribution in [2.75, 3.05) is 7.05 Å². The molecule has 0 bridgehead atoms. The van der Waals surface area contributed by atoms with Gasteiger partial charge in [0, 0.05) is 25.4 Å². The first-order valence-electron chi connectivity index (χ1n) is 7.16. The molecule has 0 saturated heterocycles. The van der Waals surface area contributed by atoms with Gasteiger partial charge in [0.05, 0.1) is 5.69 Å². The van der Waals surface area contributed by atoms with Gasteiger partial charge in [-0.1, -0.05) is 12.1 Å². The second-order valence-electron chi connectivity index (χ2n) is 5.47. The van der Waals surface area contributed by atoms with E-state index in [1.54, 1.807) is 24.4 Å². The van der Waals surface area contributed by atoms with Crippen molar-refractivity contribution in [3.05, 3.63) is 76.1 Å². The van der Waals surface area contributed by atoms with E-state index in [9.17, 15) is 14.3 Å². The van der Waals surface area contributed by atoms with Gasteiger partial charge in [0.1, 0.15) is 5.82 Å². The lowest BCUT2D eigenvalue weighted by atomic mass is 10.2. The smallest absolute Gasteiger partial charge is 0.258 e. The summed E-state index contributed by atoms with van der Waals surface area (Å²) < 4.78 is 14.2. The maximum absolute atomic E-state index is 12.9. The van der Waals surface area contributed by atoms with Crippen LogP contribution in [0.3, 0.4) is 0 Å². The Balaban J connectivity index is 1.82. The Morgan fingerprint density at radius 2 is 1.96 bits per heavy atom. The number of halogens is 1. The molecule has 0 aliphatic heterocycles. The molecule has 0 saturated carbocycles. The molecular formula is C17H16FN3O2. The summed E-state index contributed by atoms with van der Waals surface area (Å²) in [5.74, 6) is -0.302. The summed E-state index contributed by atoms with van der Waals surface area (Å²) in [7, 11) is 1.89. The zero-order chi connectivity index (χ0) is 16.4. The van der Waals surface area contributed by atoms with Crippen LogP contribution >= 0.6 is 0 Å². The van der Waals surface area contributed by atoms with Gasteiger partial charge in [0.15, 0.2) is 11.4 Å². The minimum atomic E-state index is -0.268. The Morgan fingerprint density at radius 3 is 2.70 bits per heavy atom. The molecule has 0 spiro atoms. The van der Waals surface area contributed by atoms with Crippen LogP contribution in [0.1, 0.15) is 11.3 Å². The van der Waals surface area contributed by atoms with Crippen molar-refractivity contribution in [1.29, 1.82) is 0 Å². The highest BCUT2D eigenvalue weighted by molar-refractivity contribution is 5.52. The van der Waals surface area contributed by atoms with Crippen LogP contribution in [0.5, 0.6) is 5.75 Å². The molecule has 2 heterocycles. The number of fused-ring (bicyclic) bond motifs is 1. The van der Waals surface area contributed by atoms with E-state index in [1.165, 1.54) is 28.7 Å². The molecule has 1 aromatic carbocycles. The van der Waals surface area contributed by atoms with Crippen LogP contribution in [0.25, 0.3) is 5.65 Å². The summed E-state index contributed by atoms with van der Waals surface area (Å²) in [5, 5.41) is 9.84. The van der Waals surface area contributed by atoms with Crippen LogP contribution in [0.2, 0.25) is 0 Å². The Hall–Kier alpha value is -2.73. The zero-order valence-electron chi connectivity index (χ0n) is 12.6. The quantitative estimate of drug-likeness (QED) is 0.802. The number of hydrogen-bond donors (Lipinski definition) is 1. The van der Waals surface area contributed by atoms with E-state index in [0.717, 1.165) is 5.56 Å². The average Bonchev–Trinajstić information content (AvgIpc) is 2.51. The molecule has 0 aliphatic rings. The van der Waals surface area contributed by atoms with Crippen LogP contribution < -0.4 is 5.56 Å². The number of hydrogen-bond acceptors (Lipinski definition) is 4. The van der Waals surface area contributed by atoms with E-state index in [2.05, 4.69) is 4.98 Å². The lowest BCUT2D eigenvalue weighted by Gasteiger charge is -2.16. The fourth-order valence-electron chi connectivity index (χ4n) is 2.47. The van der Waals surface area contributed by atoms with Gasteiger partial charge in [-0.05, 0) is 36.9 Å². The Morgan fingerprint density at radius 1 is 1.22 bits per heavy atom. The second kappa shape index (κ2) is 6.18. The van der Waals surface area contributed by atoms with Crippen LogP contribution in [0, 0.1) is 5.82 Å². The van der Waals surface area contributed by atoms with Crippen LogP contribution in [-0.2, 0) is 13.1 Å². The summed E-state index contributed by atoms with van der Waals surface area (Å²) in [4.78, 5) is 18.4. The predicted molar refractivity (Wildman–Crippen MR) is 84.7 cm³/mol. The molecule has 1 N–H and O–H groups in total. The molecule has 2 aromatic heterocycles. The summed E-state index contributed by atoms with van der Waals surface area (Å²) in [5.41, 5.74) is 1.54. The van der Waals surface area contributed by atoms with Gasteiger partial charge < -0.3 is 5.11 Å². The highest BCUT2D eigenvalue weighted by Gasteiger charge is 2.08. The van der Waals surface area contributed by atoms with E-state index in [4.69, 9.17) is 0 Å². The van der Waals surface area contributed by atoms with Crippen molar-refractivity contribution in [1.82, 2.24) is 14.3 Å². The standard InChI is InChI=1S/C17H16FN3O2/c1-20(10-12-4-6-13(18)7-5-12)11-14-9-16(23)21-8-2-3-15(22)17(21)19-14/h2-9,22H,10-11H2,1H3. The molecule has 0 fully saturated rings. The van der Waals surface area contributed by atoms with Crippen LogP contribution in [0.15, 0.2) is 53.5 Å². The maximum atomic E-state index is 12.9. The van der Waals surface area contributed by atoms with Crippen molar-refractivity contribution in [2.45, 2.75) is 13.1 Å². The highest BCUT2D eigenvalue weighted by atomic mass is 19.1. The minimum absolute atomic E-state index is 0.0346. The molecule has 118 valence electrons. The van der Waals surface area contributed by atoms with E-state index < -0.39 is 0 Å². The van der Waals surface area contributed by atoms with E-state index >= 15 is 0 Å². The molecule has 5 nitrogen and oxygen atoms in total. The molecule has 0 amide bonds. The first kappa shape index (κ1) is 15.2. The first-order valence-corrected chi connectivity index (χ1v) is 7.16. The SMILES string of the molecule is CN(Cc1ccc(F)cc1)Cc1cc(=O)n2cccc(O)c2n1. The number of aromatic nitrogens is 2. The second-order valence-corrected chi connectivity index (χ2v) is 5.47. The van der Waals surface area contributed by atoms with Gasteiger partial charge in [-0.25, -0.2) is 9.37 Å². The fourth-order valence-corrected chi connectivity index (χ4v) is 2.47. The van der Waals surface area contributed by atoms with Gasteiger partial charge in [0.25, 0.3) is 5.56 Å². The molecule has 3 rings (SSSR count). The van der Waals surface area contributed by atoms with Gasteiger partial charge in [-0.15, -0.1) is 0 Å². The van der Waals surface area contributed by atoms with E-state index in [1.807, 2.05) is 11.9 Å². The lowest BCUT2D eigenvalue weighted by Crippen LogP contribution is -2.21. The Bertz CT molecular complexity index is 890. The summed E-state index contributed by atoms with van der Waals surface area (Å²) in [6.07, 6.45) is 1.57. The topological polar surface area (TPSA) is 57.8 Å². The highest BCUT2D eigenvalue weighted by Crippen LogP contribution is 2.14. The van der Waals surface area contributed by atoms with Crippen LogP contribution in [-0.4, -0.2) is 26.4 Å². The normalized spacial score (nSPS) is 11.3. The summed E-state index contributed by atoms with van der Waals surface area (Å²) >= 11 is 0. The van der Waals surface area contributed by atoms with E-state index in [0.29, 0.717) is 18.8 Å². The number of rotatable bonds is 4. The predicted octanol–water partition coefficient (Wildman–Crippen LogP) is 2.17. The molecule has 0 radical (unpaired) electrons. The number of pyridine rings is 1. The molecule has 0 aliphatic carbocycles. The summed E-state index contributed by atoms with van der Waals surface area (Å²) in [6.45, 7) is 1.04.